The van der Waals surface area contributed by atoms with Gasteiger partial charge in [-0.15, -0.1) is 0 Å². The first-order valence-corrected chi connectivity index (χ1v) is 5.00. The Morgan fingerprint density at radius 3 is 2.36 bits per heavy atom. The standard InChI is InChI=1S/C12H11FO/c13-10-3-1-9(2-4-10)12-6-8(7-12)5-11(12)14/h1-4,8H,5-7H2. The maximum absolute atomic E-state index is 12.7. The summed E-state index contributed by atoms with van der Waals surface area (Å²) in [6.45, 7) is 0. The summed E-state index contributed by atoms with van der Waals surface area (Å²) >= 11 is 0. The largest absolute Gasteiger partial charge is 0.299 e. The summed E-state index contributed by atoms with van der Waals surface area (Å²) in [6.07, 6.45) is 2.70. The van der Waals surface area contributed by atoms with Gasteiger partial charge in [-0.2, -0.15) is 0 Å². The molecule has 0 spiro atoms. The van der Waals surface area contributed by atoms with E-state index in [1.54, 1.807) is 12.1 Å². The average molecular weight is 190 g/mol. The molecule has 3 aliphatic carbocycles. The van der Waals surface area contributed by atoms with Crippen molar-refractivity contribution in [3.05, 3.63) is 35.6 Å². The van der Waals surface area contributed by atoms with Crippen molar-refractivity contribution in [1.82, 2.24) is 0 Å². The number of ketones is 1. The van der Waals surface area contributed by atoms with Crippen molar-refractivity contribution in [2.45, 2.75) is 24.7 Å². The summed E-state index contributed by atoms with van der Waals surface area (Å²) in [7, 11) is 0. The molecule has 0 amide bonds. The third kappa shape index (κ3) is 0.861. The van der Waals surface area contributed by atoms with Crippen LogP contribution >= 0.6 is 0 Å². The fourth-order valence-electron chi connectivity index (χ4n) is 2.92. The molecule has 1 aromatic rings. The Morgan fingerprint density at radius 1 is 1.21 bits per heavy atom. The van der Waals surface area contributed by atoms with Crippen molar-refractivity contribution in [3.63, 3.8) is 0 Å². The number of hydrogen-bond acceptors (Lipinski definition) is 1. The van der Waals surface area contributed by atoms with Gasteiger partial charge in [0, 0.05) is 6.42 Å². The highest BCUT2D eigenvalue weighted by atomic mass is 19.1. The predicted octanol–water partition coefficient (Wildman–Crippen LogP) is 2.45. The third-order valence-corrected chi connectivity index (χ3v) is 3.68. The molecule has 0 aliphatic heterocycles. The van der Waals surface area contributed by atoms with Gasteiger partial charge in [0.2, 0.25) is 0 Å². The average Bonchev–Trinajstić information content (AvgIpc) is 2.58. The van der Waals surface area contributed by atoms with Crippen molar-refractivity contribution in [2.24, 2.45) is 5.92 Å². The molecule has 0 atom stereocenters. The van der Waals surface area contributed by atoms with E-state index in [9.17, 15) is 9.18 Å². The minimum absolute atomic E-state index is 0.224. The first-order chi connectivity index (χ1) is 6.71. The van der Waals surface area contributed by atoms with Crippen LogP contribution in [0.2, 0.25) is 0 Å². The minimum Gasteiger partial charge on any atom is -0.299 e. The number of fused-ring (bicyclic) bond motifs is 1. The molecule has 3 aliphatic rings. The normalized spacial score (nSPS) is 34.4. The summed E-state index contributed by atoms with van der Waals surface area (Å²) in [6, 6.07) is 6.41. The molecule has 3 fully saturated rings. The van der Waals surface area contributed by atoms with E-state index >= 15 is 0 Å². The highest BCUT2D eigenvalue weighted by Crippen LogP contribution is 2.57. The van der Waals surface area contributed by atoms with E-state index in [1.165, 1.54) is 12.1 Å². The van der Waals surface area contributed by atoms with Crippen LogP contribution in [0.15, 0.2) is 24.3 Å². The molecule has 2 heteroatoms. The molecule has 4 rings (SSSR count). The minimum atomic E-state index is -0.230. The van der Waals surface area contributed by atoms with Crippen LogP contribution in [0.5, 0.6) is 0 Å². The summed E-state index contributed by atoms with van der Waals surface area (Å²) in [4.78, 5) is 11.7. The Balaban J connectivity index is 2.03. The molecule has 0 aromatic heterocycles. The van der Waals surface area contributed by atoms with E-state index < -0.39 is 0 Å². The Hall–Kier alpha value is -1.18. The molecule has 1 nitrogen and oxygen atoms in total. The number of rotatable bonds is 1. The second-order valence-corrected chi connectivity index (χ2v) is 4.49. The maximum atomic E-state index is 12.7. The van der Waals surface area contributed by atoms with Crippen molar-refractivity contribution < 1.29 is 9.18 Å². The molecule has 1 aromatic carbocycles. The van der Waals surface area contributed by atoms with Gasteiger partial charge in [-0.25, -0.2) is 4.39 Å². The third-order valence-electron chi connectivity index (χ3n) is 3.68. The predicted molar refractivity (Wildman–Crippen MR) is 50.4 cm³/mol. The van der Waals surface area contributed by atoms with Gasteiger partial charge < -0.3 is 0 Å². The molecule has 0 heterocycles. The monoisotopic (exact) mass is 190 g/mol. The molecule has 3 saturated carbocycles. The number of carbonyl (C=O) groups excluding carboxylic acids is 1. The van der Waals surface area contributed by atoms with E-state index in [0.29, 0.717) is 11.7 Å². The van der Waals surface area contributed by atoms with Crippen LogP contribution in [0.4, 0.5) is 4.39 Å². The lowest BCUT2D eigenvalue weighted by atomic mass is 9.65. The number of benzene rings is 1. The lowest BCUT2D eigenvalue weighted by Crippen LogP contribution is -2.36. The van der Waals surface area contributed by atoms with Gasteiger partial charge in [0.25, 0.3) is 0 Å². The Labute approximate surface area is 81.9 Å². The van der Waals surface area contributed by atoms with Gasteiger partial charge in [-0.1, -0.05) is 12.1 Å². The number of hydrogen-bond donors (Lipinski definition) is 0. The van der Waals surface area contributed by atoms with E-state index in [2.05, 4.69) is 0 Å². The molecule has 0 saturated heterocycles. The van der Waals surface area contributed by atoms with Crippen LogP contribution in [-0.4, -0.2) is 5.78 Å². The molecule has 2 bridgehead atoms. The zero-order chi connectivity index (χ0) is 9.76. The summed E-state index contributed by atoms with van der Waals surface area (Å²) in [5, 5.41) is 0. The maximum Gasteiger partial charge on any atom is 0.143 e. The van der Waals surface area contributed by atoms with Crippen molar-refractivity contribution >= 4 is 5.78 Å². The Morgan fingerprint density at radius 2 is 1.86 bits per heavy atom. The van der Waals surface area contributed by atoms with Crippen LogP contribution < -0.4 is 0 Å². The first kappa shape index (κ1) is 8.16. The van der Waals surface area contributed by atoms with Gasteiger partial charge in [0.05, 0.1) is 5.41 Å². The molecule has 0 unspecified atom stereocenters. The smallest absolute Gasteiger partial charge is 0.143 e. The quantitative estimate of drug-likeness (QED) is 0.664. The zero-order valence-electron chi connectivity index (χ0n) is 7.79. The van der Waals surface area contributed by atoms with Crippen LogP contribution in [0, 0.1) is 11.7 Å². The highest BCUT2D eigenvalue weighted by Gasteiger charge is 2.57. The highest BCUT2D eigenvalue weighted by molar-refractivity contribution is 5.95. The molecule has 0 N–H and O–H groups in total. The summed E-state index contributed by atoms with van der Waals surface area (Å²) < 4.78 is 12.7. The second kappa shape index (κ2) is 2.44. The van der Waals surface area contributed by atoms with Crippen molar-refractivity contribution in [3.8, 4) is 0 Å². The van der Waals surface area contributed by atoms with Crippen LogP contribution in [0.3, 0.4) is 0 Å². The molecule has 72 valence electrons. The second-order valence-electron chi connectivity index (χ2n) is 4.49. The zero-order valence-corrected chi connectivity index (χ0v) is 7.79. The topological polar surface area (TPSA) is 17.1 Å². The van der Waals surface area contributed by atoms with E-state index in [0.717, 1.165) is 24.8 Å². The molecular weight excluding hydrogens is 179 g/mol. The fourth-order valence-corrected chi connectivity index (χ4v) is 2.92. The van der Waals surface area contributed by atoms with Crippen LogP contribution in [0.25, 0.3) is 0 Å². The van der Waals surface area contributed by atoms with E-state index in [1.807, 2.05) is 0 Å². The number of halogens is 1. The van der Waals surface area contributed by atoms with Gasteiger partial charge in [-0.3, -0.25) is 4.79 Å². The van der Waals surface area contributed by atoms with Crippen LogP contribution in [0.1, 0.15) is 24.8 Å². The van der Waals surface area contributed by atoms with Gasteiger partial charge in [0.1, 0.15) is 11.6 Å². The summed E-state index contributed by atoms with van der Waals surface area (Å²) in [5.74, 6) is 0.730. The van der Waals surface area contributed by atoms with Gasteiger partial charge in [0.15, 0.2) is 0 Å². The van der Waals surface area contributed by atoms with Crippen LogP contribution in [-0.2, 0) is 10.2 Å². The molecule has 0 radical (unpaired) electrons. The number of carbonyl (C=O) groups is 1. The van der Waals surface area contributed by atoms with Crippen molar-refractivity contribution in [1.29, 1.82) is 0 Å². The van der Waals surface area contributed by atoms with Gasteiger partial charge >= 0.3 is 0 Å². The van der Waals surface area contributed by atoms with E-state index in [-0.39, 0.29) is 11.2 Å². The number of Topliss-reactive ketones (excluding diaryl/α,β-unsaturated/α-hetero) is 1. The van der Waals surface area contributed by atoms with Crippen molar-refractivity contribution in [2.75, 3.05) is 0 Å². The Kier molecular flexibility index (Phi) is 1.42. The Bertz CT molecular complexity index is 387. The SMILES string of the molecule is O=C1CC2CC1(c1ccc(F)cc1)C2. The molecular formula is C12H11FO. The fraction of sp³-hybridized carbons (Fsp3) is 0.417. The van der Waals surface area contributed by atoms with Gasteiger partial charge in [-0.05, 0) is 36.5 Å². The lowest BCUT2D eigenvalue weighted by Gasteiger charge is -2.37. The first-order valence-electron chi connectivity index (χ1n) is 5.00. The lowest BCUT2D eigenvalue weighted by molar-refractivity contribution is -0.121. The molecule has 14 heavy (non-hydrogen) atoms. The summed E-state index contributed by atoms with van der Waals surface area (Å²) in [5.41, 5.74) is 0.788. The van der Waals surface area contributed by atoms with E-state index in [4.69, 9.17) is 0 Å².